The molecule has 0 aliphatic carbocycles. The molecule has 26 heavy (non-hydrogen) atoms. The number of amides is 2. The van der Waals surface area contributed by atoms with Gasteiger partial charge in [0.1, 0.15) is 0 Å². The average Bonchev–Trinajstić information content (AvgIpc) is 3.00. The van der Waals surface area contributed by atoms with Gasteiger partial charge in [-0.2, -0.15) is 0 Å². The summed E-state index contributed by atoms with van der Waals surface area (Å²) in [6.45, 7) is 0.355. The van der Waals surface area contributed by atoms with Gasteiger partial charge in [0.05, 0.1) is 11.5 Å². The number of anilines is 1. The summed E-state index contributed by atoms with van der Waals surface area (Å²) in [5.41, 5.74) is 1.73. The minimum Gasteiger partial charge on any atom is -0.317 e. The number of hydrogen-bond acceptors (Lipinski definition) is 3. The Morgan fingerprint density at radius 2 is 1.73 bits per heavy atom. The standard InChI is InChI=1S/C20H22N2O3S/c23-20(21-18-11-5-2-6-12-18)22(19-13-15-26(24,25)16-19)14-7-10-17-8-3-1-4-9-17/h1-12,19H,13-16H2,(H,21,23). The van der Waals surface area contributed by atoms with E-state index in [1.807, 2.05) is 60.7 Å². The molecule has 2 aromatic rings. The Hall–Kier alpha value is -2.60. The van der Waals surface area contributed by atoms with Crippen LogP contribution in [0.5, 0.6) is 0 Å². The Morgan fingerprint density at radius 1 is 1.08 bits per heavy atom. The van der Waals surface area contributed by atoms with Gasteiger partial charge in [0.15, 0.2) is 9.84 Å². The molecule has 136 valence electrons. The number of nitrogens with one attached hydrogen (secondary N) is 1. The molecule has 1 saturated heterocycles. The molecular formula is C20H22N2O3S. The summed E-state index contributed by atoms with van der Waals surface area (Å²) in [4.78, 5) is 14.3. The number of urea groups is 1. The van der Waals surface area contributed by atoms with Crippen LogP contribution in [-0.4, -0.2) is 43.4 Å². The topological polar surface area (TPSA) is 66.5 Å². The summed E-state index contributed by atoms with van der Waals surface area (Å²) < 4.78 is 23.7. The third-order valence-electron chi connectivity index (χ3n) is 4.35. The van der Waals surface area contributed by atoms with E-state index in [2.05, 4.69) is 5.32 Å². The quantitative estimate of drug-likeness (QED) is 0.877. The normalized spacial score (nSPS) is 18.7. The van der Waals surface area contributed by atoms with Crippen molar-refractivity contribution in [3.05, 3.63) is 72.3 Å². The molecule has 1 aliphatic rings. The molecule has 0 saturated carbocycles. The van der Waals surface area contributed by atoms with Crippen molar-refractivity contribution in [3.63, 3.8) is 0 Å². The Balaban J connectivity index is 1.73. The number of sulfone groups is 1. The maximum Gasteiger partial charge on any atom is 0.322 e. The Kier molecular flexibility index (Phi) is 5.73. The van der Waals surface area contributed by atoms with Crippen LogP contribution in [0.25, 0.3) is 6.08 Å². The van der Waals surface area contributed by atoms with Crippen molar-refractivity contribution < 1.29 is 13.2 Å². The van der Waals surface area contributed by atoms with Crippen molar-refractivity contribution in [2.24, 2.45) is 0 Å². The maximum atomic E-state index is 12.7. The van der Waals surface area contributed by atoms with Crippen molar-refractivity contribution in [1.29, 1.82) is 0 Å². The van der Waals surface area contributed by atoms with Crippen LogP contribution in [0.4, 0.5) is 10.5 Å². The highest BCUT2D eigenvalue weighted by molar-refractivity contribution is 7.91. The van der Waals surface area contributed by atoms with Crippen LogP contribution < -0.4 is 5.32 Å². The number of hydrogen-bond donors (Lipinski definition) is 1. The van der Waals surface area contributed by atoms with Crippen LogP contribution >= 0.6 is 0 Å². The van der Waals surface area contributed by atoms with E-state index in [1.165, 1.54) is 0 Å². The van der Waals surface area contributed by atoms with Crippen molar-refractivity contribution in [3.8, 4) is 0 Å². The highest BCUT2D eigenvalue weighted by Gasteiger charge is 2.34. The molecule has 1 N–H and O–H groups in total. The monoisotopic (exact) mass is 370 g/mol. The zero-order valence-corrected chi connectivity index (χ0v) is 15.2. The summed E-state index contributed by atoms with van der Waals surface area (Å²) in [6, 6.07) is 18.4. The van der Waals surface area contributed by atoms with Crippen LogP contribution in [0.1, 0.15) is 12.0 Å². The minimum atomic E-state index is -3.07. The van der Waals surface area contributed by atoms with Gasteiger partial charge in [0, 0.05) is 18.3 Å². The highest BCUT2D eigenvalue weighted by atomic mass is 32.2. The zero-order valence-electron chi connectivity index (χ0n) is 14.4. The second-order valence-corrected chi connectivity index (χ2v) is 8.55. The number of carbonyl (C=O) groups excluding carboxylic acids is 1. The van der Waals surface area contributed by atoms with Crippen molar-refractivity contribution in [2.75, 3.05) is 23.4 Å². The summed E-state index contributed by atoms with van der Waals surface area (Å²) in [5.74, 6) is 0.156. The molecule has 2 aromatic carbocycles. The summed E-state index contributed by atoms with van der Waals surface area (Å²) in [6.07, 6.45) is 4.31. The van der Waals surface area contributed by atoms with Gasteiger partial charge in [-0.1, -0.05) is 60.7 Å². The van der Waals surface area contributed by atoms with E-state index >= 15 is 0 Å². The third-order valence-corrected chi connectivity index (χ3v) is 6.10. The molecule has 0 spiro atoms. The first-order chi connectivity index (χ1) is 12.5. The lowest BCUT2D eigenvalue weighted by Crippen LogP contribution is -2.43. The van der Waals surface area contributed by atoms with Gasteiger partial charge in [-0.15, -0.1) is 0 Å². The minimum absolute atomic E-state index is 0.0222. The molecular weight excluding hydrogens is 348 g/mol. The van der Waals surface area contributed by atoms with E-state index < -0.39 is 9.84 Å². The SMILES string of the molecule is O=C(Nc1ccccc1)N(CC=Cc1ccccc1)C1CCS(=O)(=O)C1. The van der Waals surface area contributed by atoms with Gasteiger partial charge in [-0.25, -0.2) is 13.2 Å². The molecule has 1 atom stereocenters. The number of rotatable bonds is 5. The summed E-state index contributed by atoms with van der Waals surface area (Å²) in [7, 11) is -3.07. The Labute approximate surface area is 154 Å². The first-order valence-corrected chi connectivity index (χ1v) is 10.4. The predicted octanol–water partition coefficient (Wildman–Crippen LogP) is 3.42. The highest BCUT2D eigenvalue weighted by Crippen LogP contribution is 2.19. The average molecular weight is 370 g/mol. The molecule has 0 bridgehead atoms. The maximum absolute atomic E-state index is 12.7. The second kappa shape index (κ2) is 8.19. The van der Waals surface area contributed by atoms with Gasteiger partial charge in [-0.05, 0) is 24.1 Å². The van der Waals surface area contributed by atoms with E-state index in [-0.39, 0.29) is 23.6 Å². The Morgan fingerprint density at radius 3 is 2.35 bits per heavy atom. The first-order valence-electron chi connectivity index (χ1n) is 8.58. The Bertz CT molecular complexity index is 864. The van der Waals surface area contributed by atoms with Crippen molar-refractivity contribution in [2.45, 2.75) is 12.5 Å². The lowest BCUT2D eigenvalue weighted by Gasteiger charge is -2.27. The lowest BCUT2D eigenvalue weighted by atomic mass is 10.2. The molecule has 6 heteroatoms. The third kappa shape index (κ3) is 4.95. The number of carbonyl (C=O) groups is 1. The number of para-hydroxylation sites is 1. The van der Waals surface area contributed by atoms with Gasteiger partial charge in [0.25, 0.3) is 0 Å². The molecule has 1 fully saturated rings. The van der Waals surface area contributed by atoms with Crippen LogP contribution in [0.2, 0.25) is 0 Å². The van der Waals surface area contributed by atoms with E-state index in [4.69, 9.17) is 0 Å². The van der Waals surface area contributed by atoms with E-state index in [9.17, 15) is 13.2 Å². The molecule has 1 heterocycles. The fraction of sp³-hybridized carbons (Fsp3) is 0.250. The first kappa shape index (κ1) is 18.2. The van der Waals surface area contributed by atoms with Crippen molar-refractivity contribution >= 4 is 27.6 Å². The fourth-order valence-electron chi connectivity index (χ4n) is 3.00. The predicted molar refractivity (Wildman–Crippen MR) is 105 cm³/mol. The van der Waals surface area contributed by atoms with Gasteiger partial charge < -0.3 is 10.2 Å². The molecule has 2 amide bonds. The number of nitrogens with zero attached hydrogens (tertiary/aromatic N) is 1. The van der Waals surface area contributed by atoms with Gasteiger partial charge in [-0.3, -0.25) is 0 Å². The summed E-state index contributed by atoms with van der Waals surface area (Å²) in [5, 5.41) is 2.85. The molecule has 3 rings (SSSR count). The van der Waals surface area contributed by atoms with Gasteiger partial charge >= 0.3 is 6.03 Å². The van der Waals surface area contributed by atoms with Crippen molar-refractivity contribution in [1.82, 2.24) is 4.90 Å². The molecule has 0 aromatic heterocycles. The van der Waals surface area contributed by atoms with Gasteiger partial charge in [0.2, 0.25) is 0 Å². The zero-order chi connectivity index (χ0) is 18.4. The molecule has 5 nitrogen and oxygen atoms in total. The number of benzene rings is 2. The van der Waals surface area contributed by atoms with E-state index in [0.717, 1.165) is 5.56 Å². The molecule has 1 aliphatic heterocycles. The van der Waals surface area contributed by atoms with E-state index in [1.54, 1.807) is 17.0 Å². The fourth-order valence-corrected chi connectivity index (χ4v) is 4.73. The van der Waals surface area contributed by atoms with Crippen LogP contribution in [0.3, 0.4) is 0 Å². The summed E-state index contributed by atoms with van der Waals surface area (Å²) >= 11 is 0. The van der Waals surface area contributed by atoms with Crippen LogP contribution in [0, 0.1) is 0 Å². The largest absolute Gasteiger partial charge is 0.322 e. The van der Waals surface area contributed by atoms with Crippen LogP contribution in [-0.2, 0) is 9.84 Å². The lowest BCUT2D eigenvalue weighted by molar-refractivity contribution is 0.201. The molecule has 0 radical (unpaired) electrons. The van der Waals surface area contributed by atoms with E-state index in [0.29, 0.717) is 18.7 Å². The second-order valence-electron chi connectivity index (χ2n) is 6.32. The molecule has 1 unspecified atom stereocenters. The smallest absolute Gasteiger partial charge is 0.317 e. The van der Waals surface area contributed by atoms with Crippen LogP contribution in [0.15, 0.2) is 66.7 Å².